The number of benzene rings is 4. The van der Waals surface area contributed by atoms with Gasteiger partial charge in [0.15, 0.2) is 0 Å². The molecule has 0 aliphatic rings. The van der Waals surface area contributed by atoms with E-state index in [1.807, 2.05) is 66.7 Å². The van der Waals surface area contributed by atoms with Crippen LogP contribution in [-0.2, 0) is 35.6 Å². The van der Waals surface area contributed by atoms with Crippen molar-refractivity contribution in [1.82, 2.24) is 4.90 Å². The van der Waals surface area contributed by atoms with Gasteiger partial charge >= 0.3 is 5.97 Å². The molecule has 4 aromatic rings. The third-order valence-corrected chi connectivity index (χ3v) is 7.68. The summed E-state index contributed by atoms with van der Waals surface area (Å²) in [4.78, 5) is 15.0. The van der Waals surface area contributed by atoms with Gasteiger partial charge in [-0.05, 0) is 53.6 Å². The summed E-state index contributed by atoms with van der Waals surface area (Å²) in [5.74, 6) is 0.202. The highest BCUT2D eigenvalue weighted by Gasteiger charge is 2.31. The van der Waals surface area contributed by atoms with Crippen molar-refractivity contribution in [2.75, 3.05) is 7.11 Å². The van der Waals surface area contributed by atoms with E-state index in [-0.39, 0.29) is 17.9 Å². The molecule has 0 heterocycles. The van der Waals surface area contributed by atoms with Gasteiger partial charge in [0.05, 0.1) is 19.1 Å². The Kier molecular flexibility index (Phi) is 12.2. The summed E-state index contributed by atoms with van der Waals surface area (Å²) in [5, 5.41) is 11.8. The molecule has 3 atom stereocenters. The average molecular weight is 566 g/mol. The third kappa shape index (κ3) is 9.57. The lowest BCUT2D eigenvalue weighted by atomic mass is 9.89. The predicted octanol–water partition coefficient (Wildman–Crippen LogP) is 7.22. The van der Waals surface area contributed by atoms with E-state index in [9.17, 15) is 9.90 Å². The van der Waals surface area contributed by atoms with E-state index in [0.29, 0.717) is 39.0 Å². The number of ether oxygens (including phenoxy) is 2. The SMILES string of the molecule is CCC[C@H](C[C@H](O)[C@H](Cc1ccc(OCc2ccccc2)cc1)N(Cc1ccccc1)Cc1ccccc1)C(=O)OC. The summed E-state index contributed by atoms with van der Waals surface area (Å²) >= 11 is 0. The monoisotopic (exact) mass is 565 g/mol. The van der Waals surface area contributed by atoms with Crippen LogP contribution < -0.4 is 4.74 Å². The van der Waals surface area contributed by atoms with E-state index < -0.39 is 6.10 Å². The molecule has 0 aliphatic carbocycles. The number of carbonyl (C=O) groups is 1. The van der Waals surface area contributed by atoms with Crippen molar-refractivity contribution in [2.24, 2.45) is 5.92 Å². The molecule has 0 spiro atoms. The summed E-state index contributed by atoms with van der Waals surface area (Å²) in [6.45, 7) is 3.91. The first-order valence-corrected chi connectivity index (χ1v) is 14.9. The van der Waals surface area contributed by atoms with E-state index in [1.165, 1.54) is 18.2 Å². The number of methoxy groups -OCH3 is 1. The molecule has 0 saturated heterocycles. The van der Waals surface area contributed by atoms with Gasteiger partial charge in [-0.15, -0.1) is 0 Å². The van der Waals surface area contributed by atoms with Crippen molar-refractivity contribution >= 4 is 5.97 Å². The van der Waals surface area contributed by atoms with Crippen LogP contribution in [0.4, 0.5) is 0 Å². The van der Waals surface area contributed by atoms with Crippen molar-refractivity contribution < 1.29 is 19.4 Å². The van der Waals surface area contributed by atoms with Gasteiger partial charge in [0.25, 0.3) is 0 Å². The van der Waals surface area contributed by atoms with Gasteiger partial charge in [-0.1, -0.05) is 116 Å². The molecule has 0 amide bonds. The second-order valence-corrected chi connectivity index (χ2v) is 10.9. The Hall–Kier alpha value is -3.93. The molecule has 4 aromatic carbocycles. The predicted molar refractivity (Wildman–Crippen MR) is 168 cm³/mol. The van der Waals surface area contributed by atoms with Crippen molar-refractivity contribution in [2.45, 2.75) is 64.4 Å². The summed E-state index contributed by atoms with van der Waals surface area (Å²) in [6.07, 6.45) is 1.77. The lowest BCUT2D eigenvalue weighted by molar-refractivity contribution is -0.147. The highest BCUT2D eigenvalue weighted by Crippen LogP contribution is 2.26. The van der Waals surface area contributed by atoms with Gasteiger partial charge in [-0.2, -0.15) is 0 Å². The quantitative estimate of drug-likeness (QED) is 0.145. The van der Waals surface area contributed by atoms with Gasteiger partial charge in [0.2, 0.25) is 0 Å². The zero-order valence-corrected chi connectivity index (χ0v) is 24.8. The first-order valence-electron chi connectivity index (χ1n) is 14.9. The van der Waals surface area contributed by atoms with Crippen molar-refractivity contribution in [3.8, 4) is 5.75 Å². The number of esters is 1. The van der Waals surface area contributed by atoms with Crippen LogP contribution in [0.5, 0.6) is 5.75 Å². The molecule has 0 radical (unpaired) electrons. The van der Waals surface area contributed by atoms with E-state index in [0.717, 1.165) is 23.3 Å². The summed E-state index contributed by atoms with van der Waals surface area (Å²) in [6, 6.07) is 38.7. The molecular formula is C37H43NO4. The van der Waals surface area contributed by atoms with E-state index in [4.69, 9.17) is 9.47 Å². The highest BCUT2D eigenvalue weighted by molar-refractivity contribution is 5.72. The van der Waals surface area contributed by atoms with Crippen LogP contribution in [0.2, 0.25) is 0 Å². The van der Waals surface area contributed by atoms with Crippen LogP contribution in [0.15, 0.2) is 115 Å². The Morgan fingerprint density at radius 2 is 1.26 bits per heavy atom. The standard InChI is InChI=1S/C37H43NO4/c1-3-13-33(37(40)41-2)25-36(39)35(24-29-20-22-34(23-21-29)42-28-32-18-11-6-12-19-32)38(26-30-14-7-4-8-15-30)27-31-16-9-5-10-17-31/h4-12,14-23,33,35-36,39H,3,13,24-28H2,1-2H3/t33-,35+,36+/m1/s1. The van der Waals surface area contributed by atoms with Crippen LogP contribution in [0.1, 0.15) is 48.4 Å². The van der Waals surface area contributed by atoms with E-state index in [2.05, 4.69) is 60.4 Å². The number of nitrogens with zero attached hydrogens (tertiary/aromatic N) is 1. The molecule has 0 bridgehead atoms. The Labute approximate surface area is 250 Å². The van der Waals surface area contributed by atoms with E-state index >= 15 is 0 Å². The largest absolute Gasteiger partial charge is 0.489 e. The zero-order valence-electron chi connectivity index (χ0n) is 24.8. The minimum Gasteiger partial charge on any atom is -0.489 e. The van der Waals surface area contributed by atoms with Crippen LogP contribution in [0.3, 0.4) is 0 Å². The van der Waals surface area contributed by atoms with Crippen molar-refractivity contribution in [3.05, 3.63) is 138 Å². The average Bonchev–Trinajstić information content (AvgIpc) is 3.03. The van der Waals surface area contributed by atoms with Crippen LogP contribution in [-0.4, -0.2) is 35.2 Å². The van der Waals surface area contributed by atoms with Crippen LogP contribution in [0.25, 0.3) is 0 Å². The summed E-state index contributed by atoms with van der Waals surface area (Å²) < 4.78 is 11.1. The molecule has 4 rings (SSSR count). The highest BCUT2D eigenvalue weighted by atomic mass is 16.5. The number of carbonyl (C=O) groups excluding carboxylic acids is 1. The Morgan fingerprint density at radius 3 is 1.76 bits per heavy atom. The number of rotatable bonds is 16. The molecule has 5 heteroatoms. The lowest BCUT2D eigenvalue weighted by Gasteiger charge is -2.36. The molecular weight excluding hydrogens is 522 g/mol. The van der Waals surface area contributed by atoms with Gasteiger partial charge in [-0.25, -0.2) is 0 Å². The number of aliphatic hydroxyl groups is 1. The van der Waals surface area contributed by atoms with Gasteiger partial charge in [-0.3, -0.25) is 9.69 Å². The lowest BCUT2D eigenvalue weighted by Crippen LogP contribution is -2.45. The van der Waals surface area contributed by atoms with Gasteiger partial charge in [0.1, 0.15) is 12.4 Å². The maximum atomic E-state index is 12.6. The minimum absolute atomic E-state index is 0.231. The van der Waals surface area contributed by atoms with Crippen molar-refractivity contribution in [1.29, 1.82) is 0 Å². The van der Waals surface area contributed by atoms with E-state index in [1.54, 1.807) is 0 Å². The number of hydrogen-bond donors (Lipinski definition) is 1. The topological polar surface area (TPSA) is 59.0 Å². The molecule has 0 unspecified atom stereocenters. The summed E-state index contributed by atoms with van der Waals surface area (Å²) in [5.41, 5.74) is 4.57. The molecule has 0 fully saturated rings. The number of aliphatic hydroxyl groups excluding tert-OH is 1. The fraction of sp³-hybridized carbons (Fsp3) is 0.324. The number of hydrogen-bond acceptors (Lipinski definition) is 5. The van der Waals surface area contributed by atoms with Gasteiger partial charge in [0, 0.05) is 19.1 Å². The molecule has 1 N–H and O–H groups in total. The first-order chi connectivity index (χ1) is 20.6. The smallest absolute Gasteiger partial charge is 0.308 e. The minimum atomic E-state index is -0.734. The zero-order chi connectivity index (χ0) is 29.6. The molecule has 0 saturated carbocycles. The molecule has 220 valence electrons. The van der Waals surface area contributed by atoms with Crippen molar-refractivity contribution in [3.63, 3.8) is 0 Å². The van der Waals surface area contributed by atoms with Crippen LogP contribution in [0, 0.1) is 5.92 Å². The second kappa shape index (κ2) is 16.5. The first kappa shape index (κ1) is 31.0. The molecule has 0 aromatic heterocycles. The third-order valence-electron chi connectivity index (χ3n) is 7.68. The molecule has 0 aliphatic heterocycles. The van der Waals surface area contributed by atoms with Gasteiger partial charge < -0.3 is 14.6 Å². The molecule has 42 heavy (non-hydrogen) atoms. The molecule has 5 nitrogen and oxygen atoms in total. The maximum absolute atomic E-state index is 12.6. The Morgan fingerprint density at radius 1 is 0.738 bits per heavy atom. The fourth-order valence-electron chi connectivity index (χ4n) is 5.43. The second-order valence-electron chi connectivity index (χ2n) is 10.9. The normalized spacial score (nSPS) is 13.3. The Balaban J connectivity index is 1.59. The van der Waals surface area contributed by atoms with Crippen LogP contribution >= 0.6 is 0 Å². The Bertz CT molecular complexity index is 1270. The summed E-state index contributed by atoms with van der Waals surface area (Å²) in [7, 11) is 1.42. The fourth-order valence-corrected chi connectivity index (χ4v) is 5.43. The maximum Gasteiger partial charge on any atom is 0.308 e.